The second kappa shape index (κ2) is 6.24. The Labute approximate surface area is 106 Å². The van der Waals surface area contributed by atoms with E-state index in [-0.39, 0.29) is 11.8 Å². The number of halogens is 2. The Bertz CT molecular complexity index is 379. The van der Waals surface area contributed by atoms with Gasteiger partial charge >= 0.3 is 0 Å². The molecule has 1 atom stereocenters. The summed E-state index contributed by atoms with van der Waals surface area (Å²) < 4.78 is 0. The summed E-state index contributed by atoms with van der Waals surface area (Å²) in [6, 6.07) is 5.19. The van der Waals surface area contributed by atoms with Crippen LogP contribution in [0.15, 0.2) is 18.2 Å². The van der Waals surface area contributed by atoms with E-state index in [0.717, 1.165) is 12.0 Å². The van der Waals surface area contributed by atoms with Crippen molar-refractivity contribution in [3.63, 3.8) is 0 Å². The van der Waals surface area contributed by atoms with Crippen LogP contribution in [0.5, 0.6) is 0 Å². The molecule has 0 heterocycles. The maximum Gasteiger partial charge on any atom is 0.138 e. The first-order valence-corrected chi connectivity index (χ1v) is 5.99. The first kappa shape index (κ1) is 13.5. The number of nitrogens with two attached hydrogens (primary N) is 1. The SMILES string of the molecule is CCC(N)CC(=O)Cc1ccc(Cl)c(Cl)c1. The molecule has 0 saturated heterocycles. The highest BCUT2D eigenvalue weighted by Crippen LogP contribution is 2.23. The molecular weight excluding hydrogens is 245 g/mol. The minimum atomic E-state index is -0.0460. The van der Waals surface area contributed by atoms with Crippen LogP contribution < -0.4 is 5.73 Å². The fourth-order valence-corrected chi connectivity index (χ4v) is 1.71. The molecule has 2 nitrogen and oxygen atoms in total. The lowest BCUT2D eigenvalue weighted by atomic mass is 10.0. The highest BCUT2D eigenvalue weighted by Gasteiger charge is 2.09. The summed E-state index contributed by atoms with van der Waals surface area (Å²) >= 11 is 11.6. The predicted octanol–water partition coefficient (Wildman–Crippen LogP) is 3.23. The Balaban J connectivity index is 2.59. The molecule has 2 N–H and O–H groups in total. The molecular formula is C12H15Cl2NO. The summed E-state index contributed by atoms with van der Waals surface area (Å²) in [6.07, 6.45) is 1.59. The number of Topliss-reactive ketones (excluding diaryl/α,β-unsaturated/α-hetero) is 1. The molecule has 1 aromatic carbocycles. The standard InChI is InChI=1S/C12H15Cl2NO/c1-2-9(15)7-10(16)5-8-3-4-11(13)12(14)6-8/h3-4,6,9H,2,5,7,15H2,1H3. The maximum absolute atomic E-state index is 11.6. The number of ketones is 1. The van der Waals surface area contributed by atoms with Gasteiger partial charge < -0.3 is 5.73 Å². The van der Waals surface area contributed by atoms with Crippen molar-refractivity contribution >= 4 is 29.0 Å². The van der Waals surface area contributed by atoms with Gasteiger partial charge in [-0.2, -0.15) is 0 Å². The minimum absolute atomic E-state index is 0.0460. The maximum atomic E-state index is 11.6. The number of carbonyl (C=O) groups is 1. The Morgan fingerprint density at radius 2 is 2.06 bits per heavy atom. The highest BCUT2D eigenvalue weighted by atomic mass is 35.5. The zero-order valence-corrected chi connectivity index (χ0v) is 10.7. The van der Waals surface area contributed by atoms with E-state index in [1.165, 1.54) is 0 Å². The normalized spacial score (nSPS) is 12.5. The Kier molecular flexibility index (Phi) is 5.26. The molecule has 88 valence electrons. The van der Waals surface area contributed by atoms with E-state index < -0.39 is 0 Å². The van der Waals surface area contributed by atoms with Crippen LogP contribution in [-0.2, 0) is 11.2 Å². The number of carbonyl (C=O) groups excluding carboxylic acids is 1. The smallest absolute Gasteiger partial charge is 0.138 e. The van der Waals surface area contributed by atoms with Gasteiger partial charge in [0.05, 0.1) is 10.0 Å². The monoisotopic (exact) mass is 259 g/mol. The summed E-state index contributed by atoms with van der Waals surface area (Å²) in [5.41, 5.74) is 6.59. The molecule has 4 heteroatoms. The molecule has 0 bridgehead atoms. The van der Waals surface area contributed by atoms with E-state index in [1.54, 1.807) is 12.1 Å². The molecule has 0 spiro atoms. The fraction of sp³-hybridized carbons (Fsp3) is 0.417. The van der Waals surface area contributed by atoms with Crippen LogP contribution in [0, 0.1) is 0 Å². The fourth-order valence-electron chi connectivity index (χ4n) is 1.39. The average Bonchev–Trinajstić information content (AvgIpc) is 2.23. The summed E-state index contributed by atoms with van der Waals surface area (Å²) in [5, 5.41) is 0.981. The van der Waals surface area contributed by atoms with E-state index in [4.69, 9.17) is 28.9 Å². The molecule has 16 heavy (non-hydrogen) atoms. The third-order valence-electron chi connectivity index (χ3n) is 2.40. The second-order valence-electron chi connectivity index (χ2n) is 3.84. The topological polar surface area (TPSA) is 43.1 Å². The molecule has 0 aromatic heterocycles. The van der Waals surface area contributed by atoms with Crippen molar-refractivity contribution < 1.29 is 4.79 Å². The van der Waals surface area contributed by atoms with E-state index in [0.29, 0.717) is 22.9 Å². The van der Waals surface area contributed by atoms with Crippen LogP contribution >= 0.6 is 23.2 Å². The summed E-state index contributed by atoms with van der Waals surface area (Å²) in [7, 11) is 0. The molecule has 1 unspecified atom stereocenters. The van der Waals surface area contributed by atoms with Gasteiger partial charge in [-0.1, -0.05) is 36.2 Å². The van der Waals surface area contributed by atoms with Crippen LogP contribution in [0.3, 0.4) is 0 Å². The van der Waals surface area contributed by atoms with Crippen molar-refractivity contribution in [2.75, 3.05) is 0 Å². The second-order valence-corrected chi connectivity index (χ2v) is 4.65. The summed E-state index contributed by atoms with van der Waals surface area (Å²) in [4.78, 5) is 11.6. The lowest BCUT2D eigenvalue weighted by Crippen LogP contribution is -2.23. The quantitative estimate of drug-likeness (QED) is 0.883. The molecule has 0 fully saturated rings. The van der Waals surface area contributed by atoms with Gasteiger partial charge in [0, 0.05) is 18.9 Å². The number of rotatable bonds is 5. The molecule has 0 aliphatic heterocycles. The Morgan fingerprint density at radius 1 is 1.38 bits per heavy atom. The van der Waals surface area contributed by atoms with Crippen molar-refractivity contribution in [1.82, 2.24) is 0 Å². The van der Waals surface area contributed by atoms with E-state index in [1.807, 2.05) is 13.0 Å². The van der Waals surface area contributed by atoms with Gasteiger partial charge in [-0.25, -0.2) is 0 Å². The van der Waals surface area contributed by atoms with Gasteiger partial charge in [-0.3, -0.25) is 4.79 Å². The van der Waals surface area contributed by atoms with Gasteiger partial charge in [0.2, 0.25) is 0 Å². The Morgan fingerprint density at radius 3 is 2.62 bits per heavy atom. The number of hydrogen-bond acceptors (Lipinski definition) is 2. The van der Waals surface area contributed by atoms with Crippen LogP contribution in [-0.4, -0.2) is 11.8 Å². The van der Waals surface area contributed by atoms with E-state index in [2.05, 4.69) is 0 Å². The van der Waals surface area contributed by atoms with Crippen LogP contribution in [0.4, 0.5) is 0 Å². The van der Waals surface area contributed by atoms with Crippen molar-refractivity contribution in [2.24, 2.45) is 5.73 Å². The zero-order valence-electron chi connectivity index (χ0n) is 9.17. The Hall–Kier alpha value is -0.570. The van der Waals surface area contributed by atoms with Crippen molar-refractivity contribution in [2.45, 2.75) is 32.2 Å². The first-order valence-electron chi connectivity index (χ1n) is 5.24. The summed E-state index contributed by atoms with van der Waals surface area (Å²) in [6.45, 7) is 1.97. The van der Waals surface area contributed by atoms with Gasteiger partial charge in [0.1, 0.15) is 5.78 Å². The van der Waals surface area contributed by atoms with E-state index in [9.17, 15) is 4.79 Å². The zero-order chi connectivity index (χ0) is 12.1. The van der Waals surface area contributed by atoms with Gasteiger partial charge in [-0.15, -0.1) is 0 Å². The molecule has 0 saturated carbocycles. The largest absolute Gasteiger partial charge is 0.327 e. The molecule has 0 radical (unpaired) electrons. The minimum Gasteiger partial charge on any atom is -0.327 e. The van der Waals surface area contributed by atoms with Crippen LogP contribution in [0.1, 0.15) is 25.3 Å². The van der Waals surface area contributed by atoms with Crippen molar-refractivity contribution in [3.8, 4) is 0 Å². The van der Waals surface area contributed by atoms with Gasteiger partial charge in [0.25, 0.3) is 0 Å². The average molecular weight is 260 g/mol. The predicted molar refractivity (Wildman–Crippen MR) is 68.1 cm³/mol. The number of benzene rings is 1. The third kappa shape index (κ3) is 4.12. The molecule has 1 rings (SSSR count). The number of hydrogen-bond donors (Lipinski definition) is 1. The van der Waals surface area contributed by atoms with Crippen molar-refractivity contribution in [3.05, 3.63) is 33.8 Å². The van der Waals surface area contributed by atoms with Gasteiger partial charge in [-0.05, 0) is 24.1 Å². The highest BCUT2D eigenvalue weighted by molar-refractivity contribution is 6.42. The first-order chi connectivity index (χ1) is 7.52. The third-order valence-corrected chi connectivity index (χ3v) is 3.14. The molecule has 0 amide bonds. The van der Waals surface area contributed by atoms with Crippen LogP contribution in [0.2, 0.25) is 10.0 Å². The van der Waals surface area contributed by atoms with E-state index >= 15 is 0 Å². The lowest BCUT2D eigenvalue weighted by Gasteiger charge is -2.07. The lowest BCUT2D eigenvalue weighted by molar-refractivity contribution is -0.118. The van der Waals surface area contributed by atoms with Crippen molar-refractivity contribution in [1.29, 1.82) is 0 Å². The molecule has 0 aliphatic carbocycles. The summed E-state index contributed by atoms with van der Waals surface area (Å²) in [5.74, 6) is 0.132. The van der Waals surface area contributed by atoms with Crippen LogP contribution in [0.25, 0.3) is 0 Å². The van der Waals surface area contributed by atoms with Gasteiger partial charge in [0.15, 0.2) is 0 Å². The molecule has 1 aromatic rings. The molecule has 0 aliphatic rings.